The van der Waals surface area contributed by atoms with Gasteiger partial charge in [-0.25, -0.2) is 0 Å². The van der Waals surface area contributed by atoms with Gasteiger partial charge in [0.1, 0.15) is 0 Å². The first-order valence-electron chi connectivity index (χ1n) is 6.40. The molecule has 1 rings (SSSR count). The third-order valence-corrected chi connectivity index (χ3v) is 2.69. The van der Waals surface area contributed by atoms with Crippen molar-refractivity contribution >= 4 is 5.97 Å². The summed E-state index contributed by atoms with van der Waals surface area (Å²) in [6.45, 7) is 2.18. The highest BCUT2D eigenvalue weighted by Crippen LogP contribution is 2.11. The fraction of sp³-hybridized carbons (Fsp3) is 0.500. The topological polar surface area (TPSA) is 78.8 Å². The molecule has 0 aliphatic rings. The Bertz CT molecular complexity index is 369. The molecule has 1 aromatic rings. The molecule has 0 aliphatic heterocycles. The van der Waals surface area contributed by atoms with Crippen molar-refractivity contribution in [2.24, 2.45) is 0 Å². The Morgan fingerprint density at radius 1 is 1.37 bits per heavy atom. The van der Waals surface area contributed by atoms with Gasteiger partial charge in [0.05, 0.1) is 31.8 Å². The average molecular weight is 267 g/mol. The maximum absolute atomic E-state index is 11.2. The molecule has 5 heteroatoms. The van der Waals surface area contributed by atoms with Gasteiger partial charge < -0.3 is 20.3 Å². The van der Waals surface area contributed by atoms with Gasteiger partial charge in [0.15, 0.2) is 0 Å². The van der Waals surface area contributed by atoms with E-state index in [9.17, 15) is 15.0 Å². The highest BCUT2D eigenvalue weighted by Gasteiger charge is 2.15. The van der Waals surface area contributed by atoms with Crippen LogP contribution < -0.4 is 5.32 Å². The Morgan fingerprint density at radius 3 is 2.63 bits per heavy atom. The summed E-state index contributed by atoms with van der Waals surface area (Å²) in [7, 11) is 0. The molecule has 0 fully saturated rings. The summed E-state index contributed by atoms with van der Waals surface area (Å²) >= 11 is 0. The Morgan fingerprint density at radius 2 is 2.05 bits per heavy atom. The first-order chi connectivity index (χ1) is 9.17. The molecule has 0 bridgehead atoms. The molecule has 2 atom stereocenters. The largest absolute Gasteiger partial charge is 0.466 e. The molecule has 106 valence electrons. The van der Waals surface area contributed by atoms with Crippen molar-refractivity contribution in [2.45, 2.75) is 25.5 Å². The molecule has 2 unspecified atom stereocenters. The number of aliphatic hydroxyl groups excluding tert-OH is 2. The maximum atomic E-state index is 11.2. The second-order valence-corrected chi connectivity index (χ2v) is 4.22. The van der Waals surface area contributed by atoms with Gasteiger partial charge in [-0.05, 0) is 12.5 Å². The molecule has 5 nitrogen and oxygen atoms in total. The summed E-state index contributed by atoms with van der Waals surface area (Å²) in [5.74, 6) is -0.419. The molecule has 3 N–H and O–H groups in total. The minimum Gasteiger partial charge on any atom is -0.466 e. The van der Waals surface area contributed by atoms with Crippen molar-refractivity contribution < 1.29 is 19.7 Å². The Balaban J connectivity index is 2.39. The number of nitrogens with one attached hydrogen (secondary N) is 1. The van der Waals surface area contributed by atoms with Crippen LogP contribution in [0.3, 0.4) is 0 Å². The quantitative estimate of drug-likeness (QED) is 0.602. The molecule has 0 aromatic heterocycles. The zero-order valence-corrected chi connectivity index (χ0v) is 11.1. The molecule has 0 saturated heterocycles. The van der Waals surface area contributed by atoms with Crippen LogP contribution in [0.1, 0.15) is 24.9 Å². The van der Waals surface area contributed by atoms with Crippen LogP contribution in [-0.4, -0.2) is 42.0 Å². The molecule has 0 spiro atoms. The number of aliphatic hydroxyl groups is 2. The number of benzene rings is 1. The first kappa shape index (κ1) is 15.6. The van der Waals surface area contributed by atoms with Gasteiger partial charge >= 0.3 is 5.97 Å². The smallest absolute Gasteiger partial charge is 0.308 e. The fourth-order valence-electron chi connectivity index (χ4n) is 1.74. The summed E-state index contributed by atoms with van der Waals surface area (Å²) in [6.07, 6.45) is -0.870. The summed E-state index contributed by atoms with van der Waals surface area (Å²) in [6, 6.07) is 9.20. The van der Waals surface area contributed by atoms with Crippen LogP contribution in [-0.2, 0) is 9.53 Å². The highest BCUT2D eigenvalue weighted by molar-refractivity contribution is 5.69. The van der Waals surface area contributed by atoms with Crippen LogP contribution in [0.2, 0.25) is 0 Å². The number of rotatable bonds is 8. The summed E-state index contributed by atoms with van der Waals surface area (Å²) in [4.78, 5) is 11.2. The molecular weight excluding hydrogens is 246 g/mol. The van der Waals surface area contributed by atoms with Crippen LogP contribution in [0, 0.1) is 0 Å². The van der Waals surface area contributed by atoms with Crippen LogP contribution >= 0.6 is 0 Å². The lowest BCUT2D eigenvalue weighted by molar-refractivity contribution is -0.145. The van der Waals surface area contributed by atoms with Gasteiger partial charge in [0.25, 0.3) is 0 Å². The second kappa shape index (κ2) is 8.63. The van der Waals surface area contributed by atoms with Crippen LogP contribution in [0.15, 0.2) is 30.3 Å². The van der Waals surface area contributed by atoms with E-state index in [0.717, 1.165) is 5.56 Å². The number of hydrogen-bond donors (Lipinski definition) is 3. The van der Waals surface area contributed by atoms with E-state index in [1.165, 1.54) is 0 Å². The van der Waals surface area contributed by atoms with E-state index in [2.05, 4.69) is 5.32 Å². The lowest BCUT2D eigenvalue weighted by Crippen LogP contribution is -2.33. The van der Waals surface area contributed by atoms with Crippen LogP contribution in [0.5, 0.6) is 0 Å². The molecule has 0 heterocycles. The van der Waals surface area contributed by atoms with E-state index < -0.39 is 12.1 Å². The number of carbonyl (C=O) groups excluding carboxylic acids is 1. The standard InChI is InChI=1S/C14H21NO4/c1-2-19-14(18)8-12(17)9-15-13(10-16)11-6-4-3-5-7-11/h3-7,12-13,15-17H,2,8-10H2,1H3. The predicted molar refractivity (Wildman–Crippen MR) is 71.5 cm³/mol. The predicted octanol–water partition coefficient (Wildman–Crippen LogP) is 0.624. The van der Waals surface area contributed by atoms with E-state index >= 15 is 0 Å². The third kappa shape index (κ3) is 5.83. The van der Waals surface area contributed by atoms with Crippen LogP contribution in [0.4, 0.5) is 0 Å². The number of hydrogen-bond acceptors (Lipinski definition) is 5. The maximum Gasteiger partial charge on any atom is 0.308 e. The molecule has 0 saturated carbocycles. The van der Waals surface area contributed by atoms with E-state index in [1.54, 1.807) is 6.92 Å². The molecule has 0 amide bonds. The first-order valence-corrected chi connectivity index (χ1v) is 6.40. The van der Waals surface area contributed by atoms with Crippen molar-refractivity contribution in [1.82, 2.24) is 5.32 Å². The van der Waals surface area contributed by atoms with E-state index in [-0.39, 0.29) is 25.6 Å². The normalized spacial score (nSPS) is 13.8. The molecule has 0 aliphatic carbocycles. The number of carbonyl (C=O) groups is 1. The van der Waals surface area contributed by atoms with Crippen molar-refractivity contribution in [3.05, 3.63) is 35.9 Å². The van der Waals surface area contributed by atoms with Crippen molar-refractivity contribution in [2.75, 3.05) is 19.8 Å². The molecular formula is C14H21NO4. The van der Waals surface area contributed by atoms with Crippen LogP contribution in [0.25, 0.3) is 0 Å². The summed E-state index contributed by atoms with van der Waals surface area (Å²) in [5.41, 5.74) is 0.938. The Hall–Kier alpha value is -1.43. The zero-order valence-electron chi connectivity index (χ0n) is 11.1. The van der Waals surface area contributed by atoms with Crippen molar-refractivity contribution in [3.8, 4) is 0 Å². The number of esters is 1. The lowest BCUT2D eigenvalue weighted by Gasteiger charge is -2.19. The minimum absolute atomic E-state index is 0.0478. The number of ether oxygens (including phenoxy) is 1. The molecule has 1 aromatic carbocycles. The highest BCUT2D eigenvalue weighted by atomic mass is 16.5. The molecule has 0 radical (unpaired) electrons. The third-order valence-electron chi connectivity index (χ3n) is 2.69. The fourth-order valence-corrected chi connectivity index (χ4v) is 1.74. The second-order valence-electron chi connectivity index (χ2n) is 4.22. The monoisotopic (exact) mass is 267 g/mol. The SMILES string of the molecule is CCOC(=O)CC(O)CNC(CO)c1ccccc1. The van der Waals surface area contributed by atoms with E-state index in [0.29, 0.717) is 6.61 Å². The van der Waals surface area contributed by atoms with Crippen molar-refractivity contribution in [3.63, 3.8) is 0 Å². The zero-order chi connectivity index (χ0) is 14.1. The Kier molecular flexibility index (Phi) is 7.10. The lowest BCUT2D eigenvalue weighted by atomic mass is 10.1. The van der Waals surface area contributed by atoms with E-state index in [1.807, 2.05) is 30.3 Å². The van der Waals surface area contributed by atoms with Crippen molar-refractivity contribution in [1.29, 1.82) is 0 Å². The summed E-state index contributed by atoms with van der Waals surface area (Å²) in [5, 5.41) is 22.0. The van der Waals surface area contributed by atoms with Gasteiger partial charge in [-0.3, -0.25) is 4.79 Å². The Labute approximate surface area is 113 Å². The average Bonchev–Trinajstić information content (AvgIpc) is 2.41. The van der Waals surface area contributed by atoms with Gasteiger partial charge in [-0.15, -0.1) is 0 Å². The van der Waals surface area contributed by atoms with Gasteiger partial charge in [-0.1, -0.05) is 30.3 Å². The van der Waals surface area contributed by atoms with Gasteiger partial charge in [0.2, 0.25) is 0 Å². The molecule has 19 heavy (non-hydrogen) atoms. The summed E-state index contributed by atoms with van der Waals surface area (Å²) < 4.78 is 4.75. The minimum atomic E-state index is -0.822. The van der Waals surface area contributed by atoms with Gasteiger partial charge in [-0.2, -0.15) is 0 Å². The van der Waals surface area contributed by atoms with Gasteiger partial charge in [0, 0.05) is 6.54 Å². The van der Waals surface area contributed by atoms with E-state index in [4.69, 9.17) is 4.74 Å².